The van der Waals surface area contributed by atoms with E-state index in [1.165, 1.54) is 12.8 Å². The molecule has 1 aliphatic heterocycles. The van der Waals surface area contributed by atoms with Crippen molar-refractivity contribution in [3.63, 3.8) is 0 Å². The van der Waals surface area contributed by atoms with Crippen LogP contribution in [0.2, 0.25) is 0 Å². The van der Waals surface area contributed by atoms with E-state index in [4.69, 9.17) is 4.74 Å². The number of carbonyl (C=O) groups is 1. The van der Waals surface area contributed by atoms with Crippen molar-refractivity contribution >= 4 is 5.78 Å². The normalized spacial score (nSPS) is 53.9. The summed E-state index contributed by atoms with van der Waals surface area (Å²) >= 11 is 0. The third-order valence-electron chi connectivity index (χ3n) is 3.78. The summed E-state index contributed by atoms with van der Waals surface area (Å²) in [5, 5.41) is 0. The smallest absolute Gasteiger partial charge is 0.130 e. The summed E-state index contributed by atoms with van der Waals surface area (Å²) in [6, 6.07) is 0. The zero-order valence-corrected chi connectivity index (χ0v) is 7.32. The Morgan fingerprint density at radius 2 is 2.25 bits per heavy atom. The predicted octanol–water partition coefficient (Wildman–Crippen LogP) is 1.39. The van der Waals surface area contributed by atoms with Gasteiger partial charge in [0.1, 0.15) is 5.78 Å². The van der Waals surface area contributed by atoms with Crippen LogP contribution >= 0.6 is 0 Å². The lowest BCUT2D eigenvalue weighted by Gasteiger charge is -2.17. The van der Waals surface area contributed by atoms with Crippen LogP contribution < -0.4 is 0 Å². The summed E-state index contributed by atoms with van der Waals surface area (Å²) in [5.41, 5.74) is 0. The van der Waals surface area contributed by atoms with Crippen molar-refractivity contribution in [2.24, 2.45) is 17.8 Å². The van der Waals surface area contributed by atoms with E-state index in [2.05, 4.69) is 0 Å². The number of hydrogen-bond donors (Lipinski definition) is 0. The van der Waals surface area contributed by atoms with Gasteiger partial charge in [0, 0.05) is 6.42 Å². The van der Waals surface area contributed by atoms with Gasteiger partial charge in [0.05, 0.1) is 12.2 Å². The molecule has 5 atom stereocenters. The second-order valence-corrected chi connectivity index (χ2v) is 4.63. The number of epoxide rings is 1. The Morgan fingerprint density at radius 1 is 1.42 bits per heavy atom. The molecule has 2 nitrogen and oxygen atoms in total. The van der Waals surface area contributed by atoms with Crippen molar-refractivity contribution in [2.45, 2.75) is 38.4 Å². The standard InChI is InChI=1S/C10H14O2/c1-5(11)2-6-3-7-4-8(6)10-9(7)12-10/h6-10H,2-4H2,1H3/t6-,7+,8+,9-,10+/m0/s1. The molecule has 0 amide bonds. The molecule has 2 saturated carbocycles. The van der Waals surface area contributed by atoms with Crippen LogP contribution in [-0.4, -0.2) is 18.0 Å². The maximum atomic E-state index is 11.0. The molecule has 3 rings (SSSR count). The maximum Gasteiger partial charge on any atom is 0.130 e. The highest BCUT2D eigenvalue weighted by Gasteiger charge is 2.62. The Bertz CT molecular complexity index is 236. The highest BCUT2D eigenvalue weighted by molar-refractivity contribution is 5.75. The Hall–Kier alpha value is -0.370. The summed E-state index contributed by atoms with van der Waals surface area (Å²) < 4.78 is 5.54. The average Bonchev–Trinajstić information content (AvgIpc) is 2.61. The number of fused-ring (bicyclic) bond motifs is 5. The van der Waals surface area contributed by atoms with Gasteiger partial charge in [-0.2, -0.15) is 0 Å². The minimum Gasteiger partial charge on any atom is -0.369 e. The molecule has 1 saturated heterocycles. The molecule has 66 valence electrons. The summed E-state index contributed by atoms with van der Waals surface area (Å²) in [6.45, 7) is 1.71. The summed E-state index contributed by atoms with van der Waals surface area (Å²) in [4.78, 5) is 11.0. The minimum atomic E-state index is 0.352. The number of ether oxygens (including phenoxy) is 1. The Balaban J connectivity index is 1.72. The van der Waals surface area contributed by atoms with E-state index in [0.717, 1.165) is 18.3 Å². The molecule has 3 fully saturated rings. The van der Waals surface area contributed by atoms with E-state index in [-0.39, 0.29) is 0 Å². The summed E-state index contributed by atoms with van der Waals surface area (Å²) in [7, 11) is 0. The molecular formula is C10H14O2. The first-order valence-corrected chi connectivity index (χ1v) is 4.90. The van der Waals surface area contributed by atoms with Crippen LogP contribution in [0.3, 0.4) is 0 Å². The van der Waals surface area contributed by atoms with Gasteiger partial charge in [-0.25, -0.2) is 0 Å². The Kier molecular flexibility index (Phi) is 1.24. The summed E-state index contributed by atoms with van der Waals surface area (Å²) in [6.07, 6.45) is 4.57. The van der Waals surface area contributed by atoms with E-state index in [1.807, 2.05) is 0 Å². The monoisotopic (exact) mass is 166 g/mol. The zero-order valence-electron chi connectivity index (χ0n) is 7.32. The second-order valence-electron chi connectivity index (χ2n) is 4.63. The fourth-order valence-corrected chi connectivity index (χ4v) is 3.34. The van der Waals surface area contributed by atoms with Crippen LogP contribution in [-0.2, 0) is 9.53 Å². The molecule has 0 aromatic rings. The Labute approximate surface area is 72.3 Å². The first-order chi connectivity index (χ1) is 5.75. The molecule has 1 heterocycles. The number of Topliss-reactive ketones (excluding diaryl/α,β-unsaturated/α-hetero) is 1. The van der Waals surface area contributed by atoms with Crippen molar-refractivity contribution in [3.05, 3.63) is 0 Å². The third-order valence-corrected chi connectivity index (χ3v) is 3.78. The van der Waals surface area contributed by atoms with E-state index in [1.54, 1.807) is 6.92 Å². The second kappa shape index (κ2) is 2.11. The van der Waals surface area contributed by atoms with Crippen LogP contribution in [0.25, 0.3) is 0 Å². The fraction of sp³-hybridized carbons (Fsp3) is 0.900. The molecule has 2 heteroatoms. The lowest BCUT2D eigenvalue weighted by molar-refractivity contribution is -0.118. The molecule has 0 aromatic carbocycles. The van der Waals surface area contributed by atoms with Crippen molar-refractivity contribution in [1.82, 2.24) is 0 Å². The minimum absolute atomic E-state index is 0.352. The molecule has 2 bridgehead atoms. The number of ketones is 1. The van der Waals surface area contributed by atoms with E-state index in [9.17, 15) is 4.79 Å². The van der Waals surface area contributed by atoms with Gasteiger partial charge in [-0.15, -0.1) is 0 Å². The van der Waals surface area contributed by atoms with Gasteiger partial charge in [0.15, 0.2) is 0 Å². The van der Waals surface area contributed by atoms with Gasteiger partial charge in [-0.05, 0) is 37.5 Å². The van der Waals surface area contributed by atoms with Crippen LogP contribution in [0, 0.1) is 17.8 Å². The molecule has 2 aliphatic carbocycles. The molecular weight excluding hydrogens is 152 g/mol. The van der Waals surface area contributed by atoms with Gasteiger partial charge >= 0.3 is 0 Å². The fourth-order valence-electron chi connectivity index (χ4n) is 3.34. The van der Waals surface area contributed by atoms with E-state index < -0.39 is 0 Å². The van der Waals surface area contributed by atoms with Gasteiger partial charge in [-0.3, -0.25) is 0 Å². The van der Waals surface area contributed by atoms with Crippen LogP contribution in [0.1, 0.15) is 26.2 Å². The van der Waals surface area contributed by atoms with Crippen molar-refractivity contribution < 1.29 is 9.53 Å². The first-order valence-electron chi connectivity index (χ1n) is 4.90. The lowest BCUT2D eigenvalue weighted by atomic mass is 9.85. The van der Waals surface area contributed by atoms with Crippen LogP contribution in [0.15, 0.2) is 0 Å². The number of hydrogen-bond acceptors (Lipinski definition) is 2. The molecule has 0 spiro atoms. The van der Waals surface area contributed by atoms with E-state index in [0.29, 0.717) is 23.9 Å². The highest BCUT2D eigenvalue weighted by atomic mass is 16.6. The maximum absolute atomic E-state index is 11.0. The molecule has 12 heavy (non-hydrogen) atoms. The van der Waals surface area contributed by atoms with E-state index >= 15 is 0 Å². The van der Waals surface area contributed by atoms with Gasteiger partial charge < -0.3 is 9.53 Å². The third kappa shape index (κ3) is 0.817. The summed E-state index contributed by atoms with van der Waals surface area (Å²) in [5.74, 6) is 2.56. The van der Waals surface area contributed by atoms with Crippen molar-refractivity contribution in [1.29, 1.82) is 0 Å². The predicted molar refractivity (Wildman–Crippen MR) is 43.7 cm³/mol. The van der Waals surface area contributed by atoms with Gasteiger partial charge in [-0.1, -0.05) is 0 Å². The van der Waals surface area contributed by atoms with Gasteiger partial charge in [0.2, 0.25) is 0 Å². The van der Waals surface area contributed by atoms with Crippen molar-refractivity contribution in [3.8, 4) is 0 Å². The molecule has 0 N–H and O–H groups in total. The molecule has 0 unspecified atom stereocenters. The quantitative estimate of drug-likeness (QED) is 0.580. The van der Waals surface area contributed by atoms with Crippen LogP contribution in [0.5, 0.6) is 0 Å². The molecule has 0 radical (unpaired) electrons. The van der Waals surface area contributed by atoms with Crippen molar-refractivity contribution in [2.75, 3.05) is 0 Å². The van der Waals surface area contributed by atoms with Crippen LogP contribution in [0.4, 0.5) is 0 Å². The number of rotatable bonds is 2. The highest BCUT2D eigenvalue weighted by Crippen LogP contribution is 2.59. The largest absolute Gasteiger partial charge is 0.369 e. The average molecular weight is 166 g/mol. The lowest BCUT2D eigenvalue weighted by Crippen LogP contribution is -2.19. The first kappa shape index (κ1) is 7.07. The zero-order chi connectivity index (χ0) is 8.29. The number of carbonyl (C=O) groups excluding carboxylic acids is 1. The molecule has 3 aliphatic rings. The topological polar surface area (TPSA) is 29.6 Å². The SMILES string of the molecule is CC(=O)C[C@H]1C[C@@H]2C[C@H]1[C@H]1O[C@@H]21. The Morgan fingerprint density at radius 3 is 2.83 bits per heavy atom. The molecule has 0 aromatic heterocycles. The van der Waals surface area contributed by atoms with Gasteiger partial charge in [0.25, 0.3) is 0 Å².